The molecule has 6 heteroatoms. The molecule has 0 radical (unpaired) electrons. The summed E-state index contributed by atoms with van der Waals surface area (Å²) >= 11 is 0. The van der Waals surface area contributed by atoms with Crippen LogP contribution >= 0.6 is 0 Å². The Balaban J connectivity index is 1.78. The van der Waals surface area contributed by atoms with Gasteiger partial charge in [-0.15, -0.1) is 0 Å². The number of nitrogens with one attached hydrogen (secondary N) is 2. The molecule has 0 aliphatic heterocycles. The van der Waals surface area contributed by atoms with Crippen LogP contribution in [0.3, 0.4) is 0 Å². The maximum absolute atomic E-state index is 12.1. The first-order chi connectivity index (χ1) is 11.0. The number of sulfonamides is 1. The van der Waals surface area contributed by atoms with Crippen molar-refractivity contribution in [2.75, 3.05) is 13.1 Å². The molecule has 0 heterocycles. The lowest BCUT2D eigenvalue weighted by Gasteiger charge is -2.08. The van der Waals surface area contributed by atoms with Crippen LogP contribution in [0.4, 0.5) is 0 Å². The van der Waals surface area contributed by atoms with Gasteiger partial charge in [-0.25, -0.2) is 13.1 Å². The predicted molar refractivity (Wildman–Crippen MR) is 89.5 cm³/mol. The number of carbonyl (C=O) groups excluding carboxylic acids is 1. The number of benzene rings is 2. The van der Waals surface area contributed by atoms with Crippen LogP contribution in [0.15, 0.2) is 59.5 Å². The van der Waals surface area contributed by atoms with Gasteiger partial charge in [0.2, 0.25) is 15.9 Å². The highest BCUT2D eigenvalue weighted by molar-refractivity contribution is 7.89. The van der Waals surface area contributed by atoms with Crippen LogP contribution in [0.5, 0.6) is 0 Å². The first-order valence-corrected chi connectivity index (χ1v) is 8.83. The predicted octanol–water partition coefficient (Wildman–Crippen LogP) is 1.63. The molecule has 2 rings (SSSR count). The van der Waals surface area contributed by atoms with Crippen LogP contribution < -0.4 is 10.0 Å². The normalized spacial score (nSPS) is 11.2. The molecule has 0 bridgehead atoms. The summed E-state index contributed by atoms with van der Waals surface area (Å²) < 4.78 is 26.4. The average Bonchev–Trinajstić information content (AvgIpc) is 2.54. The number of hydrogen-bond donors (Lipinski definition) is 2. The van der Waals surface area contributed by atoms with Crippen LogP contribution in [0.2, 0.25) is 0 Å². The van der Waals surface area contributed by atoms with Gasteiger partial charge in [0.15, 0.2) is 0 Å². The molecule has 0 atom stereocenters. The van der Waals surface area contributed by atoms with Crippen LogP contribution in [0, 0.1) is 6.92 Å². The molecule has 0 aromatic heterocycles. The monoisotopic (exact) mass is 332 g/mol. The SMILES string of the molecule is Cc1ccc(S(=O)(=O)NCC(=O)NCCc2ccccc2)cc1. The molecule has 0 saturated heterocycles. The van der Waals surface area contributed by atoms with Gasteiger partial charge in [0, 0.05) is 6.54 Å². The Hall–Kier alpha value is -2.18. The van der Waals surface area contributed by atoms with E-state index in [1.54, 1.807) is 12.1 Å². The first kappa shape index (κ1) is 17.2. The molecule has 2 aromatic rings. The lowest BCUT2D eigenvalue weighted by molar-refractivity contribution is -0.119. The van der Waals surface area contributed by atoms with Crippen molar-refractivity contribution in [3.8, 4) is 0 Å². The van der Waals surface area contributed by atoms with E-state index in [1.165, 1.54) is 12.1 Å². The maximum Gasteiger partial charge on any atom is 0.241 e. The van der Waals surface area contributed by atoms with Gasteiger partial charge < -0.3 is 5.32 Å². The van der Waals surface area contributed by atoms with E-state index in [2.05, 4.69) is 10.0 Å². The summed E-state index contributed by atoms with van der Waals surface area (Å²) in [4.78, 5) is 11.9. The molecule has 2 N–H and O–H groups in total. The molecule has 5 nitrogen and oxygen atoms in total. The van der Waals surface area contributed by atoms with Crippen LogP contribution in [-0.4, -0.2) is 27.4 Å². The van der Waals surface area contributed by atoms with E-state index >= 15 is 0 Å². The Morgan fingerprint density at radius 3 is 2.30 bits per heavy atom. The quantitative estimate of drug-likeness (QED) is 0.809. The second-order valence-corrected chi connectivity index (χ2v) is 6.99. The average molecular weight is 332 g/mol. The highest BCUT2D eigenvalue weighted by atomic mass is 32.2. The third-order valence-electron chi connectivity index (χ3n) is 3.33. The topological polar surface area (TPSA) is 75.3 Å². The Kier molecular flexibility index (Phi) is 5.90. The minimum absolute atomic E-state index is 0.153. The van der Waals surface area contributed by atoms with Gasteiger partial charge in [0.05, 0.1) is 11.4 Å². The second kappa shape index (κ2) is 7.89. The zero-order valence-electron chi connectivity index (χ0n) is 13.0. The fourth-order valence-corrected chi connectivity index (χ4v) is 3.00. The summed E-state index contributed by atoms with van der Waals surface area (Å²) in [5.74, 6) is -0.350. The molecule has 0 saturated carbocycles. The largest absolute Gasteiger partial charge is 0.355 e. The zero-order chi connectivity index (χ0) is 16.7. The Labute approximate surface area is 136 Å². The lowest BCUT2D eigenvalue weighted by atomic mass is 10.1. The van der Waals surface area contributed by atoms with E-state index < -0.39 is 10.0 Å². The smallest absolute Gasteiger partial charge is 0.241 e. The van der Waals surface area contributed by atoms with Crippen LogP contribution in [-0.2, 0) is 21.2 Å². The van der Waals surface area contributed by atoms with E-state index in [9.17, 15) is 13.2 Å². The number of carbonyl (C=O) groups is 1. The number of amides is 1. The molecule has 2 aromatic carbocycles. The number of aryl methyl sites for hydroxylation is 1. The van der Waals surface area contributed by atoms with Crippen molar-refractivity contribution in [1.29, 1.82) is 0 Å². The van der Waals surface area contributed by atoms with Crippen molar-refractivity contribution in [3.05, 3.63) is 65.7 Å². The fourth-order valence-electron chi connectivity index (χ4n) is 2.01. The molecule has 1 amide bonds. The molecule has 122 valence electrons. The van der Waals surface area contributed by atoms with E-state index in [1.807, 2.05) is 37.3 Å². The van der Waals surface area contributed by atoms with E-state index in [4.69, 9.17) is 0 Å². The Morgan fingerprint density at radius 2 is 1.65 bits per heavy atom. The minimum Gasteiger partial charge on any atom is -0.355 e. The summed E-state index contributed by atoms with van der Waals surface area (Å²) in [6.45, 7) is 2.07. The van der Waals surface area contributed by atoms with Crippen molar-refractivity contribution in [2.24, 2.45) is 0 Å². The molecular formula is C17H20N2O3S. The van der Waals surface area contributed by atoms with E-state index in [-0.39, 0.29) is 17.3 Å². The van der Waals surface area contributed by atoms with Gasteiger partial charge in [-0.1, -0.05) is 48.0 Å². The highest BCUT2D eigenvalue weighted by Gasteiger charge is 2.14. The second-order valence-electron chi connectivity index (χ2n) is 5.22. The summed E-state index contributed by atoms with van der Waals surface area (Å²) in [7, 11) is -3.66. The van der Waals surface area contributed by atoms with Crippen molar-refractivity contribution in [3.63, 3.8) is 0 Å². The van der Waals surface area contributed by atoms with Gasteiger partial charge in [0.25, 0.3) is 0 Å². The molecule has 0 aliphatic rings. The van der Waals surface area contributed by atoms with Crippen LogP contribution in [0.1, 0.15) is 11.1 Å². The Bertz CT molecular complexity index is 741. The summed E-state index contributed by atoms with van der Waals surface area (Å²) in [6.07, 6.45) is 0.706. The van der Waals surface area contributed by atoms with Crippen molar-refractivity contribution < 1.29 is 13.2 Å². The lowest BCUT2D eigenvalue weighted by Crippen LogP contribution is -2.37. The highest BCUT2D eigenvalue weighted by Crippen LogP contribution is 2.09. The summed E-state index contributed by atoms with van der Waals surface area (Å²) in [5, 5.41) is 2.70. The first-order valence-electron chi connectivity index (χ1n) is 7.34. The van der Waals surface area contributed by atoms with Gasteiger partial charge >= 0.3 is 0 Å². The third kappa shape index (κ3) is 5.50. The molecule has 0 fully saturated rings. The molecule has 0 unspecified atom stereocenters. The molecule has 0 spiro atoms. The van der Waals surface area contributed by atoms with Crippen molar-refractivity contribution in [1.82, 2.24) is 10.0 Å². The van der Waals surface area contributed by atoms with E-state index in [0.717, 1.165) is 11.1 Å². The molecular weight excluding hydrogens is 312 g/mol. The standard InChI is InChI=1S/C17H20N2O3S/c1-14-7-9-16(10-8-14)23(21,22)19-13-17(20)18-12-11-15-5-3-2-4-6-15/h2-10,19H,11-13H2,1H3,(H,18,20). The zero-order valence-corrected chi connectivity index (χ0v) is 13.8. The van der Waals surface area contributed by atoms with Gasteiger partial charge in [-0.05, 0) is 31.0 Å². The third-order valence-corrected chi connectivity index (χ3v) is 4.75. The van der Waals surface area contributed by atoms with Crippen LogP contribution in [0.25, 0.3) is 0 Å². The van der Waals surface area contributed by atoms with E-state index in [0.29, 0.717) is 13.0 Å². The van der Waals surface area contributed by atoms with Gasteiger partial charge in [0.1, 0.15) is 0 Å². The van der Waals surface area contributed by atoms with Gasteiger partial charge in [-0.3, -0.25) is 4.79 Å². The number of rotatable bonds is 7. The minimum atomic E-state index is -3.66. The fraction of sp³-hybridized carbons (Fsp3) is 0.235. The maximum atomic E-state index is 12.1. The molecule has 23 heavy (non-hydrogen) atoms. The summed E-state index contributed by atoms with van der Waals surface area (Å²) in [5.41, 5.74) is 2.09. The number of hydrogen-bond acceptors (Lipinski definition) is 3. The molecule has 0 aliphatic carbocycles. The van der Waals surface area contributed by atoms with Gasteiger partial charge in [-0.2, -0.15) is 0 Å². The van der Waals surface area contributed by atoms with Crippen molar-refractivity contribution >= 4 is 15.9 Å². The summed E-state index contributed by atoms with van der Waals surface area (Å²) in [6, 6.07) is 16.2. The van der Waals surface area contributed by atoms with Crippen molar-refractivity contribution in [2.45, 2.75) is 18.2 Å². The Morgan fingerprint density at radius 1 is 1.00 bits per heavy atom.